The second kappa shape index (κ2) is 1.87. The molecule has 1 aliphatic rings. The van der Waals surface area contributed by atoms with Gasteiger partial charge in [0.1, 0.15) is 5.54 Å². The van der Waals surface area contributed by atoms with Crippen LogP contribution in [0.25, 0.3) is 0 Å². The molecule has 1 fully saturated rings. The van der Waals surface area contributed by atoms with E-state index < -0.39 is 11.7 Å². The van der Waals surface area contributed by atoms with E-state index >= 15 is 0 Å². The zero-order chi connectivity index (χ0) is 7.83. The summed E-state index contributed by atoms with van der Waals surface area (Å²) in [4.78, 5) is 9.57. The first kappa shape index (κ1) is 7.37. The fraction of sp³-hybridized carbons (Fsp3) is 0.800. The molecule has 0 aliphatic heterocycles. The number of amides is 1. The lowest BCUT2D eigenvalue weighted by atomic mass is 10.3. The van der Waals surface area contributed by atoms with Crippen molar-refractivity contribution >= 4 is 6.41 Å². The normalized spacial score (nSPS) is 21.9. The van der Waals surface area contributed by atoms with Gasteiger partial charge in [-0.3, -0.25) is 4.79 Å². The predicted octanol–water partition coefficient (Wildman–Crippen LogP) is 0.738. The van der Waals surface area contributed by atoms with E-state index in [4.69, 9.17) is 0 Å². The zero-order valence-corrected chi connectivity index (χ0v) is 4.96. The Balaban J connectivity index is 2.60. The van der Waals surface area contributed by atoms with Crippen LogP contribution in [0.2, 0.25) is 0 Å². The highest BCUT2D eigenvalue weighted by molar-refractivity contribution is 5.50. The minimum absolute atomic E-state index is 0.0221. The van der Waals surface area contributed by atoms with Gasteiger partial charge in [0.05, 0.1) is 0 Å². The van der Waals surface area contributed by atoms with Crippen LogP contribution < -0.4 is 5.32 Å². The van der Waals surface area contributed by atoms with Gasteiger partial charge in [0.2, 0.25) is 0 Å². The average molecular weight is 152 g/mol. The third kappa shape index (κ3) is 0.955. The standard InChI is InChI=1S/C5H5F3NO/c6-5(7,8)4(1-2-4)9-3-10/h1-2H2,(H,9,10). The van der Waals surface area contributed by atoms with E-state index in [1.165, 1.54) is 0 Å². The molecule has 0 atom stereocenters. The molecule has 0 aromatic carbocycles. The van der Waals surface area contributed by atoms with Gasteiger partial charge >= 0.3 is 12.6 Å². The van der Waals surface area contributed by atoms with Gasteiger partial charge in [-0.05, 0) is 12.8 Å². The first-order chi connectivity index (χ1) is 4.52. The summed E-state index contributed by atoms with van der Waals surface area (Å²) >= 11 is 0. The minimum Gasteiger partial charge on any atom is -0.334 e. The highest BCUT2D eigenvalue weighted by Gasteiger charge is 2.63. The first-order valence-electron chi connectivity index (χ1n) is 2.73. The molecule has 1 aliphatic carbocycles. The van der Waals surface area contributed by atoms with Crippen molar-refractivity contribution in [3.8, 4) is 0 Å². The molecule has 1 rings (SSSR count). The Bertz CT molecular complexity index is 149. The second-order valence-corrected chi connectivity index (χ2v) is 2.31. The molecule has 1 radical (unpaired) electrons. The van der Waals surface area contributed by atoms with Crippen LogP contribution >= 0.6 is 0 Å². The largest absolute Gasteiger partial charge is 0.411 e. The fourth-order valence-electron chi connectivity index (χ4n) is 0.702. The Morgan fingerprint density at radius 2 is 1.90 bits per heavy atom. The van der Waals surface area contributed by atoms with Crippen LogP contribution in [0.1, 0.15) is 12.8 Å². The average Bonchev–Trinajstić information content (AvgIpc) is 2.45. The van der Waals surface area contributed by atoms with Gasteiger partial charge < -0.3 is 5.32 Å². The number of alkyl halides is 3. The fourth-order valence-corrected chi connectivity index (χ4v) is 0.702. The summed E-state index contributed by atoms with van der Waals surface area (Å²) in [6, 6.07) is 0. The molecule has 1 N–H and O–H groups in total. The number of nitrogens with one attached hydrogen (secondary N) is 1. The Hall–Kier alpha value is -0.740. The van der Waals surface area contributed by atoms with Gasteiger partial charge in [0, 0.05) is 0 Å². The molecule has 0 aromatic heterocycles. The summed E-state index contributed by atoms with van der Waals surface area (Å²) in [5.41, 5.74) is -1.94. The number of hydrogen-bond donors (Lipinski definition) is 1. The highest BCUT2D eigenvalue weighted by atomic mass is 19.4. The van der Waals surface area contributed by atoms with E-state index in [1.54, 1.807) is 5.32 Å². The van der Waals surface area contributed by atoms with Crippen molar-refractivity contribution in [2.75, 3.05) is 0 Å². The smallest absolute Gasteiger partial charge is 0.334 e. The molecular formula is C5H5F3NO. The molecule has 0 unspecified atom stereocenters. The third-order valence-corrected chi connectivity index (χ3v) is 1.58. The van der Waals surface area contributed by atoms with Crippen LogP contribution in [0.3, 0.4) is 0 Å². The topological polar surface area (TPSA) is 29.1 Å². The SMILES string of the molecule is O=[C]NC1(C(F)(F)F)CC1. The second-order valence-electron chi connectivity index (χ2n) is 2.31. The lowest BCUT2D eigenvalue weighted by Crippen LogP contribution is -2.43. The van der Waals surface area contributed by atoms with Crippen LogP contribution in [-0.2, 0) is 4.79 Å². The molecule has 0 saturated heterocycles. The van der Waals surface area contributed by atoms with Crippen molar-refractivity contribution in [1.82, 2.24) is 5.32 Å². The maximum atomic E-state index is 11.8. The highest BCUT2D eigenvalue weighted by Crippen LogP contribution is 2.48. The van der Waals surface area contributed by atoms with E-state index in [9.17, 15) is 18.0 Å². The van der Waals surface area contributed by atoms with Crippen molar-refractivity contribution in [1.29, 1.82) is 0 Å². The molecule has 57 valence electrons. The Morgan fingerprint density at radius 3 is 2.00 bits per heavy atom. The quantitative estimate of drug-likeness (QED) is 0.581. The van der Waals surface area contributed by atoms with Crippen LogP contribution in [0.5, 0.6) is 0 Å². The van der Waals surface area contributed by atoms with E-state index in [0.29, 0.717) is 0 Å². The van der Waals surface area contributed by atoms with Crippen molar-refractivity contribution in [2.45, 2.75) is 24.6 Å². The summed E-state index contributed by atoms with van der Waals surface area (Å²) in [5.74, 6) is 0. The molecule has 0 heterocycles. The zero-order valence-electron chi connectivity index (χ0n) is 4.96. The molecule has 5 heteroatoms. The molecule has 2 nitrogen and oxygen atoms in total. The third-order valence-electron chi connectivity index (χ3n) is 1.58. The van der Waals surface area contributed by atoms with E-state index in [1.807, 2.05) is 0 Å². The predicted molar refractivity (Wildman–Crippen MR) is 26.8 cm³/mol. The minimum atomic E-state index is -4.32. The van der Waals surface area contributed by atoms with Gasteiger partial charge in [-0.2, -0.15) is 13.2 Å². The van der Waals surface area contributed by atoms with Crippen LogP contribution in [0, 0.1) is 0 Å². The molecule has 0 spiro atoms. The van der Waals surface area contributed by atoms with E-state index in [0.717, 1.165) is 6.41 Å². The molecule has 1 amide bonds. The lowest BCUT2D eigenvalue weighted by Gasteiger charge is -2.16. The summed E-state index contributed by atoms with van der Waals surface area (Å²) in [6.07, 6.45) is -3.30. The summed E-state index contributed by atoms with van der Waals surface area (Å²) in [5, 5.41) is 1.64. The Labute approximate surface area is 55.4 Å². The van der Waals surface area contributed by atoms with Gasteiger partial charge in [-0.1, -0.05) is 0 Å². The van der Waals surface area contributed by atoms with Crippen molar-refractivity contribution in [3.05, 3.63) is 0 Å². The van der Waals surface area contributed by atoms with Gasteiger partial charge in [-0.15, -0.1) is 0 Å². The Morgan fingerprint density at radius 1 is 1.40 bits per heavy atom. The molecule has 1 saturated carbocycles. The van der Waals surface area contributed by atoms with Crippen molar-refractivity contribution < 1.29 is 18.0 Å². The van der Waals surface area contributed by atoms with Crippen LogP contribution in [0.15, 0.2) is 0 Å². The summed E-state index contributed by atoms with van der Waals surface area (Å²) in [6.45, 7) is 0. The van der Waals surface area contributed by atoms with Gasteiger partial charge in [-0.25, -0.2) is 0 Å². The number of carbonyl (C=O) groups excluding carboxylic acids is 1. The van der Waals surface area contributed by atoms with Crippen LogP contribution in [0.4, 0.5) is 13.2 Å². The van der Waals surface area contributed by atoms with Crippen molar-refractivity contribution in [3.63, 3.8) is 0 Å². The number of halogens is 3. The first-order valence-corrected chi connectivity index (χ1v) is 2.73. The molecular weight excluding hydrogens is 147 g/mol. The number of hydrogen-bond acceptors (Lipinski definition) is 1. The lowest BCUT2D eigenvalue weighted by molar-refractivity contribution is -0.161. The van der Waals surface area contributed by atoms with Gasteiger partial charge in [0.15, 0.2) is 0 Å². The van der Waals surface area contributed by atoms with Crippen molar-refractivity contribution in [2.24, 2.45) is 0 Å². The molecule has 10 heavy (non-hydrogen) atoms. The van der Waals surface area contributed by atoms with E-state index in [-0.39, 0.29) is 12.8 Å². The Kier molecular flexibility index (Phi) is 1.38. The van der Waals surface area contributed by atoms with Crippen LogP contribution in [-0.4, -0.2) is 18.1 Å². The summed E-state index contributed by atoms with van der Waals surface area (Å²) < 4.78 is 35.5. The summed E-state index contributed by atoms with van der Waals surface area (Å²) in [7, 11) is 0. The molecule has 0 aromatic rings. The monoisotopic (exact) mass is 152 g/mol. The maximum Gasteiger partial charge on any atom is 0.411 e. The number of rotatable bonds is 2. The maximum absolute atomic E-state index is 11.8. The van der Waals surface area contributed by atoms with E-state index in [2.05, 4.69) is 0 Å². The van der Waals surface area contributed by atoms with Gasteiger partial charge in [0.25, 0.3) is 0 Å². The molecule has 0 bridgehead atoms.